The molecule has 5 heteroatoms. The zero-order valence-corrected chi connectivity index (χ0v) is 9.68. The third kappa shape index (κ3) is 2.74. The molecule has 1 aliphatic carbocycles. The molecular formula is C12H15NO4. The molecule has 0 spiro atoms. The summed E-state index contributed by atoms with van der Waals surface area (Å²) < 4.78 is 5.14. The summed E-state index contributed by atoms with van der Waals surface area (Å²) in [5.41, 5.74) is 0.418. The van der Waals surface area contributed by atoms with Crippen LogP contribution in [0.2, 0.25) is 0 Å². The minimum Gasteiger partial charge on any atom is -0.496 e. The molecule has 1 fully saturated rings. The lowest BCUT2D eigenvalue weighted by molar-refractivity contribution is -0.384. The van der Waals surface area contributed by atoms with E-state index in [2.05, 4.69) is 0 Å². The minimum atomic E-state index is -0.507. The van der Waals surface area contributed by atoms with E-state index in [4.69, 9.17) is 4.74 Å². The number of hydrogen-bond acceptors (Lipinski definition) is 4. The summed E-state index contributed by atoms with van der Waals surface area (Å²) in [4.78, 5) is 10.2. The molecule has 0 heterocycles. The van der Waals surface area contributed by atoms with Gasteiger partial charge in [-0.3, -0.25) is 10.1 Å². The van der Waals surface area contributed by atoms with Gasteiger partial charge in [-0.2, -0.15) is 0 Å². The van der Waals surface area contributed by atoms with Crippen molar-refractivity contribution in [2.24, 2.45) is 0 Å². The lowest BCUT2D eigenvalue weighted by Crippen LogP contribution is -2.08. The molecule has 92 valence electrons. The number of nitrogens with zero attached hydrogens (tertiary/aromatic N) is 1. The number of nitro groups is 1. The molecule has 1 saturated carbocycles. The van der Waals surface area contributed by atoms with Gasteiger partial charge in [0.15, 0.2) is 0 Å². The highest BCUT2D eigenvalue weighted by molar-refractivity contribution is 5.44. The molecule has 0 radical (unpaired) electrons. The first-order chi connectivity index (χ1) is 8.04. The highest BCUT2D eigenvalue weighted by Gasteiger charge is 2.39. The van der Waals surface area contributed by atoms with Crippen LogP contribution >= 0.6 is 0 Å². The number of ether oxygens (including phenoxy) is 1. The summed E-state index contributed by atoms with van der Waals surface area (Å²) in [5, 5.41) is 20.4. The van der Waals surface area contributed by atoms with E-state index in [1.165, 1.54) is 19.2 Å². The maximum absolute atomic E-state index is 10.6. The average Bonchev–Trinajstić information content (AvgIpc) is 3.05. The molecule has 0 amide bonds. The Morgan fingerprint density at radius 3 is 2.76 bits per heavy atom. The van der Waals surface area contributed by atoms with Crippen LogP contribution < -0.4 is 4.74 Å². The first kappa shape index (κ1) is 11.9. The number of methoxy groups -OCH3 is 1. The number of nitro benzene ring substituents is 1. The monoisotopic (exact) mass is 237 g/mol. The first-order valence-electron chi connectivity index (χ1n) is 5.58. The quantitative estimate of drug-likeness (QED) is 0.628. The lowest BCUT2D eigenvalue weighted by atomic mass is 10.0. The predicted octanol–water partition coefficient (Wildman–Crippen LogP) is 2.06. The van der Waals surface area contributed by atoms with Gasteiger partial charge in [0.1, 0.15) is 5.75 Å². The molecule has 0 aliphatic heterocycles. The van der Waals surface area contributed by atoms with Gasteiger partial charge in [-0.15, -0.1) is 0 Å². The second-order valence-corrected chi connectivity index (χ2v) is 4.48. The van der Waals surface area contributed by atoms with Gasteiger partial charge in [0.25, 0.3) is 5.69 Å². The van der Waals surface area contributed by atoms with Gasteiger partial charge in [-0.25, -0.2) is 0 Å². The molecule has 0 atom stereocenters. The Balaban J connectivity index is 2.12. The van der Waals surface area contributed by atoms with Gasteiger partial charge >= 0.3 is 0 Å². The minimum absolute atomic E-state index is 0.0238. The number of rotatable bonds is 5. The van der Waals surface area contributed by atoms with Crippen LogP contribution in [0.4, 0.5) is 5.69 Å². The number of aliphatic hydroxyl groups is 1. The van der Waals surface area contributed by atoms with Crippen LogP contribution in [-0.4, -0.2) is 22.7 Å². The summed E-state index contributed by atoms with van der Waals surface area (Å²) in [6.07, 6.45) is 3.06. The van der Waals surface area contributed by atoms with Gasteiger partial charge in [-0.1, -0.05) is 0 Å². The van der Waals surface area contributed by atoms with Crippen molar-refractivity contribution in [3.05, 3.63) is 33.9 Å². The van der Waals surface area contributed by atoms with Crippen LogP contribution in [0.25, 0.3) is 0 Å². The fraction of sp³-hybridized carbons (Fsp3) is 0.500. The van der Waals surface area contributed by atoms with E-state index in [0.717, 1.165) is 18.4 Å². The van der Waals surface area contributed by atoms with Gasteiger partial charge in [-0.05, 0) is 37.3 Å². The van der Waals surface area contributed by atoms with Crippen LogP contribution in [0.3, 0.4) is 0 Å². The van der Waals surface area contributed by atoms with Crippen molar-refractivity contribution in [2.45, 2.75) is 31.3 Å². The maximum Gasteiger partial charge on any atom is 0.273 e. The molecule has 0 saturated heterocycles. The van der Waals surface area contributed by atoms with Crippen molar-refractivity contribution in [3.63, 3.8) is 0 Å². The van der Waals surface area contributed by atoms with Crippen molar-refractivity contribution in [1.29, 1.82) is 0 Å². The second-order valence-electron chi connectivity index (χ2n) is 4.48. The van der Waals surface area contributed by atoms with Crippen molar-refractivity contribution >= 4 is 5.69 Å². The molecule has 0 aromatic heterocycles. The number of benzene rings is 1. The molecule has 0 unspecified atom stereocenters. The van der Waals surface area contributed by atoms with Crippen molar-refractivity contribution in [3.8, 4) is 5.75 Å². The van der Waals surface area contributed by atoms with E-state index in [-0.39, 0.29) is 5.69 Å². The van der Waals surface area contributed by atoms with Gasteiger partial charge < -0.3 is 9.84 Å². The Kier molecular flexibility index (Phi) is 3.02. The van der Waals surface area contributed by atoms with Crippen molar-refractivity contribution in [2.75, 3.05) is 7.11 Å². The zero-order chi connectivity index (χ0) is 12.5. The lowest BCUT2D eigenvalue weighted by Gasteiger charge is -2.10. The SMILES string of the molecule is COc1cc([N+](=O)[O-])ccc1CCC1(O)CC1. The van der Waals surface area contributed by atoms with Crippen LogP contribution in [0, 0.1) is 10.1 Å². The highest BCUT2D eigenvalue weighted by atomic mass is 16.6. The predicted molar refractivity (Wildman–Crippen MR) is 62.2 cm³/mol. The van der Waals surface area contributed by atoms with Crippen LogP contribution in [0.1, 0.15) is 24.8 Å². The van der Waals surface area contributed by atoms with Crippen molar-refractivity contribution < 1.29 is 14.8 Å². The molecule has 1 aromatic carbocycles. The molecule has 1 aliphatic rings. The molecule has 1 N–H and O–H groups in total. The Hall–Kier alpha value is -1.62. The van der Waals surface area contributed by atoms with Crippen LogP contribution in [-0.2, 0) is 6.42 Å². The summed E-state index contributed by atoms with van der Waals surface area (Å²) in [7, 11) is 1.49. The topological polar surface area (TPSA) is 72.6 Å². The summed E-state index contributed by atoms with van der Waals surface area (Å²) in [6.45, 7) is 0. The van der Waals surface area contributed by atoms with Crippen LogP contribution in [0.5, 0.6) is 5.75 Å². The van der Waals surface area contributed by atoms with E-state index in [1.807, 2.05) is 0 Å². The Bertz CT molecular complexity index is 440. The fourth-order valence-electron chi connectivity index (χ4n) is 1.81. The summed E-state index contributed by atoms with van der Waals surface area (Å²) in [6, 6.07) is 4.59. The van der Waals surface area contributed by atoms with Gasteiger partial charge in [0.2, 0.25) is 0 Å². The highest BCUT2D eigenvalue weighted by Crippen LogP contribution is 2.40. The summed E-state index contributed by atoms with van der Waals surface area (Å²) >= 11 is 0. The number of aryl methyl sites for hydroxylation is 1. The molecule has 0 bridgehead atoms. The third-order valence-corrected chi connectivity index (χ3v) is 3.17. The molecule has 17 heavy (non-hydrogen) atoms. The number of hydrogen-bond donors (Lipinski definition) is 1. The van der Waals surface area contributed by atoms with E-state index < -0.39 is 10.5 Å². The Morgan fingerprint density at radius 2 is 2.24 bits per heavy atom. The van der Waals surface area contributed by atoms with E-state index in [9.17, 15) is 15.2 Å². The molecule has 2 rings (SSSR count). The number of non-ortho nitro benzene ring substituents is 1. The maximum atomic E-state index is 10.6. The molecular weight excluding hydrogens is 222 g/mol. The molecule has 1 aromatic rings. The largest absolute Gasteiger partial charge is 0.496 e. The summed E-state index contributed by atoms with van der Waals surface area (Å²) in [5.74, 6) is 0.517. The Morgan fingerprint density at radius 1 is 1.53 bits per heavy atom. The standard InChI is InChI=1S/C12H15NO4/c1-17-11-8-10(13(15)16)3-2-9(11)4-5-12(14)6-7-12/h2-3,8,14H,4-7H2,1H3. The average molecular weight is 237 g/mol. The zero-order valence-electron chi connectivity index (χ0n) is 9.68. The first-order valence-corrected chi connectivity index (χ1v) is 5.58. The fourth-order valence-corrected chi connectivity index (χ4v) is 1.81. The normalized spacial score (nSPS) is 16.6. The van der Waals surface area contributed by atoms with Gasteiger partial charge in [0.05, 0.1) is 23.7 Å². The van der Waals surface area contributed by atoms with E-state index >= 15 is 0 Å². The third-order valence-electron chi connectivity index (χ3n) is 3.17. The van der Waals surface area contributed by atoms with Crippen LogP contribution in [0.15, 0.2) is 18.2 Å². The smallest absolute Gasteiger partial charge is 0.273 e. The van der Waals surface area contributed by atoms with E-state index in [1.54, 1.807) is 6.07 Å². The Labute approximate surface area is 99.2 Å². The van der Waals surface area contributed by atoms with Gasteiger partial charge in [0, 0.05) is 6.07 Å². The van der Waals surface area contributed by atoms with E-state index in [0.29, 0.717) is 18.6 Å². The second kappa shape index (κ2) is 4.33. The molecule has 5 nitrogen and oxygen atoms in total. The van der Waals surface area contributed by atoms with Crippen molar-refractivity contribution in [1.82, 2.24) is 0 Å².